The molecular weight excluding hydrogens is 193 g/mol. The SMILES string of the molecule is NCCNCc1cnc(F)cc1Cl. The van der Waals surface area contributed by atoms with E-state index in [1.165, 1.54) is 12.3 Å². The van der Waals surface area contributed by atoms with Crippen molar-refractivity contribution in [3.8, 4) is 0 Å². The van der Waals surface area contributed by atoms with E-state index in [1.807, 2.05) is 0 Å². The normalized spacial score (nSPS) is 10.4. The number of nitrogens with one attached hydrogen (secondary N) is 1. The minimum atomic E-state index is -0.562. The number of halogens is 2. The van der Waals surface area contributed by atoms with Crippen LogP contribution in [0.2, 0.25) is 5.02 Å². The van der Waals surface area contributed by atoms with Crippen LogP contribution in [0, 0.1) is 5.95 Å². The summed E-state index contributed by atoms with van der Waals surface area (Å²) in [5.74, 6) is -0.562. The third kappa shape index (κ3) is 3.26. The van der Waals surface area contributed by atoms with E-state index >= 15 is 0 Å². The van der Waals surface area contributed by atoms with Crippen LogP contribution in [0.5, 0.6) is 0 Å². The van der Waals surface area contributed by atoms with Crippen molar-refractivity contribution < 1.29 is 4.39 Å². The van der Waals surface area contributed by atoms with Gasteiger partial charge >= 0.3 is 0 Å². The zero-order valence-electron chi connectivity index (χ0n) is 7.06. The molecule has 1 aromatic rings. The van der Waals surface area contributed by atoms with Crippen LogP contribution in [0.1, 0.15) is 5.56 Å². The average Bonchev–Trinajstić information content (AvgIpc) is 2.09. The molecule has 0 aliphatic heterocycles. The number of aromatic nitrogens is 1. The quantitative estimate of drug-likeness (QED) is 0.565. The van der Waals surface area contributed by atoms with Crippen LogP contribution in [-0.2, 0) is 6.54 Å². The standard InChI is InChI=1S/C8H11ClFN3/c9-7-3-8(10)13-5-6(7)4-12-2-1-11/h3,5,12H,1-2,4,11H2. The monoisotopic (exact) mass is 203 g/mol. The van der Waals surface area contributed by atoms with Gasteiger partial charge in [-0.3, -0.25) is 0 Å². The highest BCUT2D eigenvalue weighted by molar-refractivity contribution is 6.31. The van der Waals surface area contributed by atoms with Gasteiger partial charge in [-0.2, -0.15) is 4.39 Å². The van der Waals surface area contributed by atoms with Gasteiger partial charge in [0.25, 0.3) is 0 Å². The Balaban J connectivity index is 2.56. The Labute approximate surface area is 81.1 Å². The highest BCUT2D eigenvalue weighted by Crippen LogP contribution is 2.14. The second kappa shape index (κ2) is 5.11. The molecule has 0 aliphatic rings. The fourth-order valence-corrected chi connectivity index (χ4v) is 1.10. The summed E-state index contributed by atoms with van der Waals surface area (Å²) in [6.07, 6.45) is 1.42. The van der Waals surface area contributed by atoms with Crippen LogP contribution in [0.3, 0.4) is 0 Å². The maximum absolute atomic E-state index is 12.5. The first kappa shape index (κ1) is 10.4. The Morgan fingerprint density at radius 1 is 1.62 bits per heavy atom. The molecule has 3 N–H and O–H groups in total. The maximum Gasteiger partial charge on any atom is 0.214 e. The fraction of sp³-hybridized carbons (Fsp3) is 0.375. The van der Waals surface area contributed by atoms with Gasteiger partial charge < -0.3 is 11.1 Å². The van der Waals surface area contributed by atoms with Crippen molar-refractivity contribution in [1.82, 2.24) is 10.3 Å². The first-order valence-corrected chi connectivity index (χ1v) is 4.32. The van der Waals surface area contributed by atoms with Crippen molar-refractivity contribution in [2.45, 2.75) is 6.54 Å². The Hall–Kier alpha value is -0.710. The summed E-state index contributed by atoms with van der Waals surface area (Å²) in [7, 11) is 0. The third-order valence-electron chi connectivity index (χ3n) is 1.53. The zero-order valence-corrected chi connectivity index (χ0v) is 7.81. The van der Waals surface area contributed by atoms with Crippen molar-refractivity contribution in [2.24, 2.45) is 5.73 Å². The predicted molar refractivity (Wildman–Crippen MR) is 50.0 cm³/mol. The molecular formula is C8H11ClFN3. The summed E-state index contributed by atoms with van der Waals surface area (Å²) < 4.78 is 12.5. The number of nitrogens with zero attached hydrogens (tertiary/aromatic N) is 1. The number of rotatable bonds is 4. The number of pyridine rings is 1. The molecule has 0 unspecified atom stereocenters. The van der Waals surface area contributed by atoms with Crippen LogP contribution in [0.15, 0.2) is 12.3 Å². The lowest BCUT2D eigenvalue weighted by Crippen LogP contribution is -2.22. The van der Waals surface area contributed by atoms with Crippen molar-refractivity contribution in [2.75, 3.05) is 13.1 Å². The van der Waals surface area contributed by atoms with Crippen molar-refractivity contribution in [3.05, 3.63) is 28.8 Å². The summed E-state index contributed by atoms with van der Waals surface area (Å²) in [5, 5.41) is 3.43. The number of nitrogens with two attached hydrogens (primary N) is 1. The number of hydrogen-bond donors (Lipinski definition) is 2. The van der Waals surface area contributed by atoms with Crippen LogP contribution >= 0.6 is 11.6 Å². The van der Waals surface area contributed by atoms with Gasteiger partial charge in [-0.1, -0.05) is 11.6 Å². The van der Waals surface area contributed by atoms with Gasteiger partial charge in [-0.05, 0) is 0 Å². The zero-order chi connectivity index (χ0) is 9.68. The third-order valence-corrected chi connectivity index (χ3v) is 1.88. The van der Waals surface area contributed by atoms with E-state index in [1.54, 1.807) is 0 Å². The summed E-state index contributed by atoms with van der Waals surface area (Å²) in [6.45, 7) is 1.82. The molecule has 0 radical (unpaired) electrons. The second-order valence-corrected chi connectivity index (χ2v) is 2.97. The molecule has 0 aliphatic carbocycles. The highest BCUT2D eigenvalue weighted by Gasteiger charge is 2.01. The van der Waals surface area contributed by atoms with Gasteiger partial charge in [-0.15, -0.1) is 0 Å². The second-order valence-electron chi connectivity index (χ2n) is 2.56. The largest absolute Gasteiger partial charge is 0.329 e. The van der Waals surface area contributed by atoms with Gasteiger partial charge in [0, 0.05) is 37.5 Å². The lowest BCUT2D eigenvalue weighted by molar-refractivity contribution is 0.580. The number of hydrogen-bond acceptors (Lipinski definition) is 3. The lowest BCUT2D eigenvalue weighted by Gasteiger charge is -2.04. The summed E-state index contributed by atoms with van der Waals surface area (Å²) >= 11 is 5.76. The Morgan fingerprint density at radius 2 is 2.38 bits per heavy atom. The topological polar surface area (TPSA) is 50.9 Å². The van der Waals surface area contributed by atoms with E-state index in [0.717, 1.165) is 5.56 Å². The van der Waals surface area contributed by atoms with Crippen LogP contribution in [0.25, 0.3) is 0 Å². The molecule has 0 saturated carbocycles. The minimum absolute atomic E-state index is 0.386. The van der Waals surface area contributed by atoms with Gasteiger partial charge in [-0.25, -0.2) is 4.98 Å². The van der Waals surface area contributed by atoms with Gasteiger partial charge in [0.15, 0.2) is 0 Å². The first-order valence-electron chi connectivity index (χ1n) is 3.94. The molecule has 1 heterocycles. The van der Waals surface area contributed by atoms with E-state index in [2.05, 4.69) is 10.3 Å². The Bertz CT molecular complexity index is 280. The molecule has 0 saturated heterocycles. The Kier molecular flexibility index (Phi) is 4.08. The highest BCUT2D eigenvalue weighted by atomic mass is 35.5. The molecule has 13 heavy (non-hydrogen) atoms. The van der Waals surface area contributed by atoms with Gasteiger partial charge in [0.05, 0.1) is 5.02 Å². The molecule has 1 rings (SSSR count). The molecule has 72 valence electrons. The van der Waals surface area contributed by atoms with E-state index in [4.69, 9.17) is 17.3 Å². The van der Waals surface area contributed by atoms with Gasteiger partial charge in [0.2, 0.25) is 5.95 Å². The van der Waals surface area contributed by atoms with Crippen LogP contribution in [-0.4, -0.2) is 18.1 Å². The first-order chi connectivity index (χ1) is 6.24. The Morgan fingerprint density at radius 3 is 3.00 bits per heavy atom. The molecule has 0 bridgehead atoms. The van der Waals surface area contributed by atoms with Crippen molar-refractivity contribution in [3.63, 3.8) is 0 Å². The molecule has 0 fully saturated rings. The molecule has 3 nitrogen and oxygen atoms in total. The molecule has 0 amide bonds. The van der Waals surface area contributed by atoms with E-state index < -0.39 is 5.95 Å². The van der Waals surface area contributed by atoms with E-state index in [0.29, 0.717) is 24.7 Å². The smallest absolute Gasteiger partial charge is 0.214 e. The molecule has 0 aromatic carbocycles. The molecule has 0 atom stereocenters. The van der Waals surface area contributed by atoms with E-state index in [-0.39, 0.29) is 0 Å². The molecule has 1 aromatic heterocycles. The van der Waals surface area contributed by atoms with E-state index in [9.17, 15) is 4.39 Å². The summed E-state index contributed by atoms with van der Waals surface area (Å²) in [4.78, 5) is 3.50. The maximum atomic E-state index is 12.5. The van der Waals surface area contributed by atoms with Crippen molar-refractivity contribution in [1.29, 1.82) is 0 Å². The molecule has 0 spiro atoms. The summed E-state index contributed by atoms with van der Waals surface area (Å²) in [5.41, 5.74) is 6.06. The average molecular weight is 204 g/mol. The van der Waals surface area contributed by atoms with Crippen LogP contribution in [0.4, 0.5) is 4.39 Å². The lowest BCUT2D eigenvalue weighted by atomic mass is 10.3. The van der Waals surface area contributed by atoms with Crippen LogP contribution < -0.4 is 11.1 Å². The van der Waals surface area contributed by atoms with Crippen molar-refractivity contribution >= 4 is 11.6 Å². The van der Waals surface area contributed by atoms with Gasteiger partial charge in [0.1, 0.15) is 0 Å². The fourth-order valence-electron chi connectivity index (χ4n) is 0.891. The predicted octanol–water partition coefficient (Wildman–Crippen LogP) is 0.922. The summed E-state index contributed by atoms with van der Waals surface area (Å²) in [6, 6.07) is 1.20. The molecule has 5 heteroatoms. The minimum Gasteiger partial charge on any atom is -0.329 e.